The molecule has 0 spiro atoms. The predicted molar refractivity (Wildman–Crippen MR) is 138 cm³/mol. The summed E-state index contributed by atoms with van der Waals surface area (Å²) in [5.41, 5.74) is 0. The lowest BCUT2D eigenvalue weighted by atomic mass is 10.1. The molecule has 186 valence electrons. The summed E-state index contributed by atoms with van der Waals surface area (Å²) in [6, 6.07) is 8.12. The third-order valence-corrected chi connectivity index (χ3v) is 6.16. The number of aliphatic hydroxyl groups is 1. The van der Waals surface area contributed by atoms with Crippen molar-refractivity contribution in [1.82, 2.24) is 0 Å². The van der Waals surface area contributed by atoms with Crippen LogP contribution in [0.15, 0.2) is 24.3 Å². The van der Waals surface area contributed by atoms with Crippen LogP contribution in [0.2, 0.25) is 0 Å². The van der Waals surface area contributed by atoms with Crippen molar-refractivity contribution in [2.24, 2.45) is 0 Å². The number of rotatable bonds is 24. The van der Waals surface area contributed by atoms with Crippen molar-refractivity contribution in [3.8, 4) is 11.5 Å². The Morgan fingerprint density at radius 3 is 1.12 bits per heavy atom. The molecule has 0 aliphatic carbocycles. The third-order valence-electron chi connectivity index (χ3n) is 6.16. The minimum absolute atomic E-state index is 0.342. The molecule has 0 unspecified atom stereocenters. The zero-order valence-electron chi connectivity index (χ0n) is 21.1. The van der Waals surface area contributed by atoms with Crippen molar-refractivity contribution in [3.05, 3.63) is 24.3 Å². The molecule has 0 heterocycles. The molecule has 0 amide bonds. The number of unbranched alkanes of at least 4 members (excludes halogenated alkanes) is 17. The summed E-state index contributed by atoms with van der Waals surface area (Å²) in [5, 5.41) is 8.76. The van der Waals surface area contributed by atoms with Crippen LogP contribution in [0, 0.1) is 0 Å². The van der Waals surface area contributed by atoms with Crippen LogP contribution < -0.4 is 9.47 Å². The first-order chi connectivity index (χ1) is 15.9. The number of ether oxygens (including phenoxy) is 2. The van der Waals surface area contributed by atoms with Gasteiger partial charge in [0.1, 0.15) is 11.5 Å². The fourth-order valence-electron chi connectivity index (χ4n) is 4.05. The Labute approximate surface area is 199 Å². The second-order valence-corrected chi connectivity index (χ2v) is 9.26. The Morgan fingerprint density at radius 2 is 0.781 bits per heavy atom. The highest BCUT2D eigenvalue weighted by atomic mass is 16.5. The minimum Gasteiger partial charge on any atom is -0.494 e. The topological polar surface area (TPSA) is 38.7 Å². The summed E-state index contributed by atoms with van der Waals surface area (Å²) in [6.07, 6.45) is 24.6. The van der Waals surface area contributed by atoms with E-state index in [0.29, 0.717) is 6.61 Å². The molecule has 0 bridgehead atoms. The van der Waals surface area contributed by atoms with Crippen LogP contribution in [0.1, 0.15) is 129 Å². The lowest BCUT2D eigenvalue weighted by molar-refractivity contribution is 0.282. The van der Waals surface area contributed by atoms with Gasteiger partial charge in [-0.3, -0.25) is 0 Å². The molecule has 3 nitrogen and oxygen atoms in total. The van der Waals surface area contributed by atoms with E-state index in [1.807, 2.05) is 24.3 Å². The van der Waals surface area contributed by atoms with Crippen molar-refractivity contribution >= 4 is 0 Å². The Bertz CT molecular complexity index is 441. The van der Waals surface area contributed by atoms with Gasteiger partial charge in [0.2, 0.25) is 0 Å². The molecular weight excluding hydrogens is 396 g/mol. The van der Waals surface area contributed by atoms with E-state index < -0.39 is 0 Å². The molecule has 1 rings (SSSR count). The largest absolute Gasteiger partial charge is 0.494 e. The first-order valence-electron chi connectivity index (χ1n) is 13.8. The first-order valence-corrected chi connectivity index (χ1v) is 13.8. The van der Waals surface area contributed by atoms with Gasteiger partial charge in [-0.05, 0) is 43.5 Å². The maximum absolute atomic E-state index is 8.76. The number of aliphatic hydroxyl groups excluding tert-OH is 1. The fraction of sp³-hybridized carbons (Fsp3) is 0.793. The predicted octanol–water partition coefficient (Wildman–Crippen LogP) is 8.87. The van der Waals surface area contributed by atoms with Gasteiger partial charge in [0, 0.05) is 6.61 Å². The Morgan fingerprint density at radius 1 is 0.469 bits per heavy atom. The van der Waals surface area contributed by atoms with E-state index in [1.165, 1.54) is 103 Å². The molecule has 32 heavy (non-hydrogen) atoms. The molecule has 0 aromatic heterocycles. The maximum atomic E-state index is 8.76. The highest BCUT2D eigenvalue weighted by Gasteiger charge is 1.98. The standard InChI is InChI=1S/C29H52O3/c1-2-3-4-5-6-7-10-13-16-19-26-31-28-21-23-29(24-22-28)32-27-20-17-14-11-8-9-12-15-18-25-30/h21-24,30H,2-20,25-27H2,1H3. The van der Waals surface area contributed by atoms with Crippen molar-refractivity contribution in [2.75, 3.05) is 19.8 Å². The summed E-state index contributed by atoms with van der Waals surface area (Å²) >= 11 is 0. The van der Waals surface area contributed by atoms with Crippen molar-refractivity contribution in [3.63, 3.8) is 0 Å². The van der Waals surface area contributed by atoms with E-state index in [0.717, 1.165) is 44.0 Å². The molecule has 0 fully saturated rings. The van der Waals surface area contributed by atoms with Gasteiger partial charge < -0.3 is 14.6 Å². The highest BCUT2D eigenvalue weighted by molar-refractivity contribution is 5.31. The molecule has 0 atom stereocenters. The number of benzene rings is 1. The second kappa shape index (κ2) is 23.0. The molecule has 0 saturated carbocycles. The maximum Gasteiger partial charge on any atom is 0.119 e. The van der Waals surface area contributed by atoms with Gasteiger partial charge in [-0.2, -0.15) is 0 Å². The van der Waals surface area contributed by atoms with Crippen molar-refractivity contribution in [1.29, 1.82) is 0 Å². The van der Waals surface area contributed by atoms with Gasteiger partial charge in [-0.25, -0.2) is 0 Å². The second-order valence-electron chi connectivity index (χ2n) is 9.26. The van der Waals surface area contributed by atoms with Gasteiger partial charge in [0.05, 0.1) is 13.2 Å². The van der Waals surface area contributed by atoms with E-state index in [9.17, 15) is 0 Å². The smallest absolute Gasteiger partial charge is 0.119 e. The van der Waals surface area contributed by atoms with Crippen LogP contribution >= 0.6 is 0 Å². The SMILES string of the molecule is CCCCCCCCCCCCOc1ccc(OCCCCCCCCCCCO)cc1. The lowest BCUT2D eigenvalue weighted by Gasteiger charge is -2.09. The van der Waals surface area contributed by atoms with E-state index in [4.69, 9.17) is 14.6 Å². The summed E-state index contributed by atoms with van der Waals surface area (Å²) in [7, 11) is 0. The van der Waals surface area contributed by atoms with Crippen LogP contribution in [0.5, 0.6) is 11.5 Å². The van der Waals surface area contributed by atoms with E-state index in [2.05, 4.69) is 6.92 Å². The van der Waals surface area contributed by atoms with Crippen LogP contribution in [0.4, 0.5) is 0 Å². The number of hydrogen-bond donors (Lipinski definition) is 1. The highest BCUT2D eigenvalue weighted by Crippen LogP contribution is 2.19. The van der Waals surface area contributed by atoms with Gasteiger partial charge in [-0.1, -0.05) is 110 Å². The molecule has 1 aromatic rings. The van der Waals surface area contributed by atoms with Gasteiger partial charge in [-0.15, -0.1) is 0 Å². The molecule has 3 heteroatoms. The average molecular weight is 449 g/mol. The van der Waals surface area contributed by atoms with Crippen LogP contribution in [-0.4, -0.2) is 24.9 Å². The van der Waals surface area contributed by atoms with Crippen molar-refractivity contribution < 1.29 is 14.6 Å². The average Bonchev–Trinajstić information content (AvgIpc) is 2.82. The van der Waals surface area contributed by atoms with E-state index >= 15 is 0 Å². The Balaban J connectivity index is 1.89. The summed E-state index contributed by atoms with van der Waals surface area (Å²) in [6.45, 7) is 4.24. The zero-order chi connectivity index (χ0) is 23.0. The fourth-order valence-corrected chi connectivity index (χ4v) is 4.05. The molecule has 0 saturated heterocycles. The van der Waals surface area contributed by atoms with Crippen LogP contribution in [-0.2, 0) is 0 Å². The van der Waals surface area contributed by atoms with Gasteiger partial charge in [0.25, 0.3) is 0 Å². The monoisotopic (exact) mass is 448 g/mol. The zero-order valence-corrected chi connectivity index (χ0v) is 21.1. The molecule has 1 aromatic carbocycles. The van der Waals surface area contributed by atoms with Gasteiger partial charge in [0.15, 0.2) is 0 Å². The molecule has 0 aliphatic rings. The Hall–Kier alpha value is -1.22. The normalized spacial score (nSPS) is 11.1. The minimum atomic E-state index is 0.342. The van der Waals surface area contributed by atoms with E-state index in [-0.39, 0.29) is 0 Å². The summed E-state index contributed by atoms with van der Waals surface area (Å²) in [4.78, 5) is 0. The quantitative estimate of drug-likeness (QED) is 0.160. The van der Waals surface area contributed by atoms with Crippen molar-refractivity contribution in [2.45, 2.75) is 129 Å². The molecule has 0 radical (unpaired) electrons. The third kappa shape index (κ3) is 18.4. The Kier molecular flexibility index (Phi) is 20.7. The summed E-state index contributed by atoms with van der Waals surface area (Å²) in [5.74, 6) is 1.90. The van der Waals surface area contributed by atoms with Gasteiger partial charge >= 0.3 is 0 Å². The van der Waals surface area contributed by atoms with E-state index in [1.54, 1.807) is 0 Å². The molecule has 1 N–H and O–H groups in total. The lowest BCUT2D eigenvalue weighted by Crippen LogP contribution is -1.99. The number of hydrogen-bond acceptors (Lipinski definition) is 3. The van der Waals surface area contributed by atoms with Crippen LogP contribution in [0.3, 0.4) is 0 Å². The molecular formula is C29H52O3. The molecule has 0 aliphatic heterocycles. The summed E-state index contributed by atoms with van der Waals surface area (Å²) < 4.78 is 11.7. The first kappa shape index (κ1) is 28.8. The van der Waals surface area contributed by atoms with Crippen LogP contribution in [0.25, 0.3) is 0 Å².